The van der Waals surface area contributed by atoms with Crippen LogP contribution in [0, 0.1) is 0 Å². The van der Waals surface area contributed by atoms with Crippen LogP contribution in [0.25, 0.3) is 0 Å². The van der Waals surface area contributed by atoms with Gasteiger partial charge in [-0.1, -0.05) is 44.4 Å². The van der Waals surface area contributed by atoms with Gasteiger partial charge in [0.2, 0.25) is 15.9 Å². The first-order chi connectivity index (χ1) is 17.0. The number of sulfonamides is 1. The number of hydrogen-bond donors (Lipinski definition) is 1. The van der Waals surface area contributed by atoms with E-state index in [0.29, 0.717) is 37.0 Å². The lowest BCUT2D eigenvalue weighted by Crippen LogP contribution is -2.28. The lowest BCUT2D eigenvalue weighted by atomic mass is 9.96. The van der Waals surface area contributed by atoms with Crippen molar-refractivity contribution in [1.29, 1.82) is 0 Å². The number of nitrogens with one attached hydrogen (secondary N) is 1. The molecule has 0 aliphatic heterocycles. The fourth-order valence-electron chi connectivity index (χ4n) is 3.30. The molecule has 0 saturated heterocycles. The highest BCUT2D eigenvalue weighted by molar-refractivity contribution is 7.89. The number of pyridine rings is 1. The summed E-state index contributed by atoms with van der Waals surface area (Å²) in [4.78, 5) is 3.75. The third-order valence-electron chi connectivity index (χ3n) is 5.33. The van der Waals surface area contributed by atoms with Gasteiger partial charge in [0.05, 0.1) is 17.9 Å². The first-order valence-electron chi connectivity index (χ1n) is 11.6. The fraction of sp³-hybridized carbons (Fsp3) is 0.542. The van der Waals surface area contributed by atoms with Gasteiger partial charge in [0.25, 0.3) is 0 Å². The quantitative estimate of drug-likeness (QED) is 0.266. The van der Waals surface area contributed by atoms with Gasteiger partial charge in [-0.25, -0.2) is 18.1 Å². The normalized spacial score (nSPS) is 13.0. The molecular weight excluding hydrogens is 521 g/mol. The predicted octanol–water partition coefficient (Wildman–Crippen LogP) is 6.17. The van der Waals surface area contributed by atoms with Crippen molar-refractivity contribution in [1.82, 2.24) is 9.71 Å². The number of rotatable bonds is 15. The molecule has 0 amide bonds. The number of alkyl halides is 3. The summed E-state index contributed by atoms with van der Waals surface area (Å²) in [6.45, 7) is 4.76. The van der Waals surface area contributed by atoms with E-state index < -0.39 is 21.8 Å². The van der Waals surface area contributed by atoms with Gasteiger partial charge in [-0.2, -0.15) is 13.2 Å². The summed E-state index contributed by atoms with van der Waals surface area (Å²) in [5.41, 5.74) is -0.298. The van der Waals surface area contributed by atoms with Crippen LogP contribution in [0.5, 0.6) is 17.4 Å². The molecule has 36 heavy (non-hydrogen) atoms. The Kier molecular flexibility index (Phi) is 11.7. The Bertz CT molecular complexity index is 1080. The lowest BCUT2D eigenvalue weighted by Gasteiger charge is -2.19. The minimum atomic E-state index is -4.59. The average Bonchev–Trinajstić information content (AvgIpc) is 2.80. The Balaban J connectivity index is 2.21. The molecule has 1 unspecified atom stereocenters. The number of benzene rings is 1. The van der Waals surface area contributed by atoms with Crippen molar-refractivity contribution < 1.29 is 35.8 Å². The van der Waals surface area contributed by atoms with Crippen molar-refractivity contribution in [3.05, 3.63) is 46.6 Å². The molecule has 7 nitrogen and oxygen atoms in total. The Morgan fingerprint density at radius 2 is 1.92 bits per heavy atom. The molecule has 202 valence electrons. The standard InChI is InChI=1S/C24H32ClF3N2O5S/c1-4-5-6-13-36(31,32)30-10-9-17(2)20-8-7-19(34-12-11-33-3)15-22(20)35-23-21(25)14-18(16-29-23)24(26,27)28/h7-8,14-17,30H,4-6,9-13H2,1-3H3. The molecule has 0 bridgehead atoms. The fourth-order valence-corrected chi connectivity index (χ4v) is 4.67. The van der Waals surface area contributed by atoms with E-state index >= 15 is 0 Å². The van der Waals surface area contributed by atoms with Gasteiger partial charge in [-0.3, -0.25) is 0 Å². The zero-order valence-corrected chi connectivity index (χ0v) is 22.1. The summed E-state index contributed by atoms with van der Waals surface area (Å²) >= 11 is 6.03. The summed E-state index contributed by atoms with van der Waals surface area (Å²) in [7, 11) is -1.82. The Morgan fingerprint density at radius 1 is 1.17 bits per heavy atom. The molecule has 0 aliphatic rings. The predicted molar refractivity (Wildman–Crippen MR) is 132 cm³/mol. The van der Waals surface area contributed by atoms with Crippen LogP contribution in [0.15, 0.2) is 30.5 Å². The molecule has 0 aliphatic carbocycles. The number of unbranched alkanes of at least 4 members (excludes halogenated alkanes) is 2. The Labute approximate surface area is 215 Å². The topological polar surface area (TPSA) is 86.8 Å². The van der Waals surface area contributed by atoms with E-state index in [1.54, 1.807) is 25.3 Å². The van der Waals surface area contributed by atoms with Crippen LogP contribution < -0.4 is 14.2 Å². The van der Waals surface area contributed by atoms with Gasteiger partial charge < -0.3 is 14.2 Å². The summed E-state index contributed by atoms with van der Waals surface area (Å²) in [6, 6.07) is 5.83. The number of methoxy groups -OCH3 is 1. The molecule has 1 aromatic heterocycles. The van der Waals surface area contributed by atoms with E-state index in [9.17, 15) is 21.6 Å². The molecule has 1 atom stereocenters. The lowest BCUT2D eigenvalue weighted by molar-refractivity contribution is -0.137. The first-order valence-corrected chi connectivity index (χ1v) is 13.6. The minimum Gasteiger partial charge on any atom is -0.491 e. The first kappa shape index (κ1) is 30.1. The molecule has 1 N–H and O–H groups in total. The summed E-state index contributed by atoms with van der Waals surface area (Å²) in [5.74, 6) is 0.466. The summed E-state index contributed by atoms with van der Waals surface area (Å²) in [5, 5.41) is -0.297. The highest BCUT2D eigenvalue weighted by Gasteiger charge is 2.32. The van der Waals surface area contributed by atoms with E-state index in [0.717, 1.165) is 18.9 Å². The zero-order chi connectivity index (χ0) is 26.8. The van der Waals surface area contributed by atoms with Crippen LogP contribution in [-0.2, 0) is 20.9 Å². The maximum Gasteiger partial charge on any atom is 0.417 e. The van der Waals surface area contributed by atoms with Crippen molar-refractivity contribution in [3.8, 4) is 17.4 Å². The van der Waals surface area contributed by atoms with Crippen LogP contribution in [0.3, 0.4) is 0 Å². The molecule has 0 radical (unpaired) electrons. The maximum atomic E-state index is 13.0. The van der Waals surface area contributed by atoms with Crippen LogP contribution >= 0.6 is 11.6 Å². The summed E-state index contributed by atoms with van der Waals surface area (Å²) in [6.07, 6.45) is -1.10. The molecule has 0 saturated carbocycles. The van der Waals surface area contributed by atoms with Crippen LogP contribution in [0.4, 0.5) is 13.2 Å². The van der Waals surface area contributed by atoms with Crippen LogP contribution in [0.2, 0.25) is 5.02 Å². The van der Waals surface area contributed by atoms with E-state index in [1.807, 2.05) is 13.8 Å². The number of ether oxygens (including phenoxy) is 3. The van der Waals surface area contributed by atoms with E-state index in [1.165, 1.54) is 0 Å². The van der Waals surface area contributed by atoms with Crippen molar-refractivity contribution in [2.45, 2.75) is 51.6 Å². The minimum absolute atomic E-state index is 0.0786. The average molecular weight is 553 g/mol. The summed E-state index contributed by atoms with van der Waals surface area (Å²) < 4.78 is 82.3. The maximum absolute atomic E-state index is 13.0. The largest absolute Gasteiger partial charge is 0.491 e. The van der Waals surface area contributed by atoms with Crippen molar-refractivity contribution in [3.63, 3.8) is 0 Å². The third kappa shape index (κ3) is 9.76. The smallest absolute Gasteiger partial charge is 0.417 e. The number of nitrogens with zero attached hydrogens (tertiary/aromatic N) is 1. The second kappa shape index (κ2) is 14.0. The van der Waals surface area contributed by atoms with Gasteiger partial charge in [0, 0.05) is 25.9 Å². The number of aromatic nitrogens is 1. The molecule has 0 fully saturated rings. The van der Waals surface area contributed by atoms with Gasteiger partial charge in [-0.05, 0) is 36.5 Å². The SMILES string of the molecule is CCCCCS(=O)(=O)NCCC(C)c1ccc(OCCOC)cc1Oc1ncc(C(F)(F)F)cc1Cl. The molecule has 2 aromatic rings. The Morgan fingerprint density at radius 3 is 2.56 bits per heavy atom. The second-order valence-electron chi connectivity index (χ2n) is 8.26. The van der Waals surface area contributed by atoms with Crippen LogP contribution in [0.1, 0.15) is 56.6 Å². The number of hydrogen-bond acceptors (Lipinski definition) is 6. The monoisotopic (exact) mass is 552 g/mol. The second-order valence-corrected chi connectivity index (χ2v) is 10.6. The van der Waals surface area contributed by atoms with Crippen molar-refractivity contribution >= 4 is 21.6 Å². The van der Waals surface area contributed by atoms with Gasteiger partial charge >= 0.3 is 6.18 Å². The van der Waals surface area contributed by atoms with Gasteiger partial charge in [0.1, 0.15) is 23.1 Å². The van der Waals surface area contributed by atoms with Crippen LogP contribution in [-0.4, -0.2) is 46.0 Å². The van der Waals surface area contributed by atoms with Crippen molar-refractivity contribution in [2.24, 2.45) is 0 Å². The van der Waals surface area contributed by atoms with E-state index in [-0.39, 0.29) is 41.5 Å². The molecule has 12 heteroatoms. The molecule has 1 aromatic carbocycles. The number of halogens is 4. The highest BCUT2D eigenvalue weighted by atomic mass is 35.5. The van der Waals surface area contributed by atoms with E-state index in [2.05, 4.69) is 9.71 Å². The van der Waals surface area contributed by atoms with Crippen molar-refractivity contribution in [2.75, 3.05) is 32.6 Å². The highest BCUT2D eigenvalue weighted by Crippen LogP contribution is 2.38. The van der Waals surface area contributed by atoms with E-state index in [4.69, 9.17) is 25.8 Å². The van der Waals surface area contributed by atoms with Gasteiger partial charge in [-0.15, -0.1) is 0 Å². The zero-order valence-electron chi connectivity index (χ0n) is 20.5. The van der Waals surface area contributed by atoms with Gasteiger partial charge in [0.15, 0.2) is 0 Å². The molecule has 2 rings (SSSR count). The molecular formula is C24H32ClF3N2O5S. The third-order valence-corrected chi connectivity index (χ3v) is 7.07. The molecule has 0 spiro atoms. The molecule has 1 heterocycles. The Hall–Kier alpha value is -2.08.